The monoisotopic (exact) mass is 278 g/mol. The SMILES string of the molecule is CCSCCCc1noc(Cc2cccc(O)c2)n1. The van der Waals surface area contributed by atoms with Crippen molar-refractivity contribution in [1.29, 1.82) is 0 Å². The Balaban J connectivity index is 1.87. The molecule has 1 N–H and O–H groups in total. The van der Waals surface area contributed by atoms with Gasteiger partial charge in [0, 0.05) is 6.42 Å². The molecule has 102 valence electrons. The zero-order valence-electron chi connectivity index (χ0n) is 11.0. The number of phenols is 1. The van der Waals surface area contributed by atoms with E-state index in [0.29, 0.717) is 12.3 Å². The van der Waals surface area contributed by atoms with E-state index in [1.807, 2.05) is 23.9 Å². The topological polar surface area (TPSA) is 59.2 Å². The van der Waals surface area contributed by atoms with Crippen molar-refractivity contribution in [2.75, 3.05) is 11.5 Å². The van der Waals surface area contributed by atoms with Gasteiger partial charge < -0.3 is 9.63 Å². The van der Waals surface area contributed by atoms with Gasteiger partial charge in [-0.1, -0.05) is 24.2 Å². The third-order valence-corrected chi connectivity index (χ3v) is 3.65. The van der Waals surface area contributed by atoms with Crippen LogP contribution in [0.3, 0.4) is 0 Å². The first-order chi connectivity index (χ1) is 9.28. The lowest BCUT2D eigenvalue weighted by Gasteiger charge is -1.97. The highest BCUT2D eigenvalue weighted by Gasteiger charge is 2.07. The lowest BCUT2D eigenvalue weighted by Crippen LogP contribution is -1.92. The minimum absolute atomic E-state index is 0.258. The quantitative estimate of drug-likeness (QED) is 0.789. The molecule has 0 aliphatic heterocycles. The minimum Gasteiger partial charge on any atom is -0.508 e. The van der Waals surface area contributed by atoms with Crippen LogP contribution >= 0.6 is 11.8 Å². The van der Waals surface area contributed by atoms with E-state index in [4.69, 9.17) is 4.52 Å². The fraction of sp³-hybridized carbons (Fsp3) is 0.429. The molecule has 0 spiro atoms. The van der Waals surface area contributed by atoms with Crippen molar-refractivity contribution in [3.05, 3.63) is 41.5 Å². The minimum atomic E-state index is 0.258. The van der Waals surface area contributed by atoms with Crippen LogP contribution in [0.15, 0.2) is 28.8 Å². The second-order valence-corrected chi connectivity index (χ2v) is 5.65. The average Bonchev–Trinajstić information content (AvgIpc) is 2.82. The number of hydrogen-bond donors (Lipinski definition) is 1. The molecule has 4 nitrogen and oxygen atoms in total. The van der Waals surface area contributed by atoms with Crippen LogP contribution in [-0.4, -0.2) is 26.8 Å². The lowest BCUT2D eigenvalue weighted by molar-refractivity contribution is 0.379. The molecule has 5 heteroatoms. The van der Waals surface area contributed by atoms with Crippen LogP contribution in [0.1, 0.15) is 30.6 Å². The molecule has 0 aliphatic rings. The summed E-state index contributed by atoms with van der Waals surface area (Å²) >= 11 is 1.92. The van der Waals surface area contributed by atoms with Crippen molar-refractivity contribution >= 4 is 11.8 Å². The van der Waals surface area contributed by atoms with Gasteiger partial charge in [0.25, 0.3) is 0 Å². The molecule has 0 saturated heterocycles. The Hall–Kier alpha value is -1.49. The molecular formula is C14H18N2O2S. The van der Waals surface area contributed by atoms with Gasteiger partial charge in [-0.15, -0.1) is 0 Å². The summed E-state index contributed by atoms with van der Waals surface area (Å²) in [6, 6.07) is 7.10. The van der Waals surface area contributed by atoms with E-state index in [0.717, 1.165) is 35.7 Å². The number of aryl methyl sites for hydroxylation is 1. The highest BCUT2D eigenvalue weighted by Crippen LogP contribution is 2.14. The second kappa shape index (κ2) is 7.19. The molecular weight excluding hydrogens is 260 g/mol. The van der Waals surface area contributed by atoms with Gasteiger partial charge >= 0.3 is 0 Å². The first kappa shape index (κ1) is 13.9. The molecule has 1 aromatic carbocycles. The van der Waals surface area contributed by atoms with Crippen molar-refractivity contribution in [3.8, 4) is 5.75 Å². The summed E-state index contributed by atoms with van der Waals surface area (Å²) in [4.78, 5) is 4.36. The van der Waals surface area contributed by atoms with Gasteiger partial charge in [-0.2, -0.15) is 16.7 Å². The Morgan fingerprint density at radius 1 is 1.37 bits per heavy atom. The molecule has 19 heavy (non-hydrogen) atoms. The molecule has 0 fully saturated rings. The number of hydrogen-bond acceptors (Lipinski definition) is 5. The summed E-state index contributed by atoms with van der Waals surface area (Å²) in [5.74, 6) is 3.91. The van der Waals surface area contributed by atoms with E-state index < -0.39 is 0 Å². The number of benzene rings is 1. The van der Waals surface area contributed by atoms with E-state index in [9.17, 15) is 5.11 Å². The third-order valence-electron chi connectivity index (χ3n) is 2.67. The third kappa shape index (κ3) is 4.59. The van der Waals surface area contributed by atoms with Crippen molar-refractivity contribution in [2.45, 2.75) is 26.2 Å². The van der Waals surface area contributed by atoms with Gasteiger partial charge in [0.05, 0.1) is 6.42 Å². The summed E-state index contributed by atoms with van der Waals surface area (Å²) in [5, 5.41) is 13.4. The predicted molar refractivity (Wildman–Crippen MR) is 76.5 cm³/mol. The largest absolute Gasteiger partial charge is 0.508 e. The molecule has 2 rings (SSSR count). The zero-order chi connectivity index (χ0) is 13.5. The average molecular weight is 278 g/mol. The fourth-order valence-electron chi connectivity index (χ4n) is 1.78. The predicted octanol–water partition coefficient (Wildman–Crippen LogP) is 3.05. The normalized spacial score (nSPS) is 10.8. The molecule has 0 radical (unpaired) electrons. The fourth-order valence-corrected chi connectivity index (χ4v) is 2.42. The van der Waals surface area contributed by atoms with Crippen LogP contribution in [0.25, 0.3) is 0 Å². The molecule has 1 aromatic heterocycles. The second-order valence-electron chi connectivity index (χ2n) is 4.25. The van der Waals surface area contributed by atoms with Crippen LogP contribution in [0.2, 0.25) is 0 Å². The zero-order valence-corrected chi connectivity index (χ0v) is 11.8. The van der Waals surface area contributed by atoms with E-state index in [1.165, 1.54) is 0 Å². The van der Waals surface area contributed by atoms with Crippen molar-refractivity contribution < 1.29 is 9.63 Å². The summed E-state index contributed by atoms with van der Waals surface area (Å²) < 4.78 is 5.22. The Kier molecular flexibility index (Phi) is 5.27. The number of aromatic hydroxyl groups is 1. The van der Waals surface area contributed by atoms with Crippen LogP contribution in [-0.2, 0) is 12.8 Å². The number of aromatic nitrogens is 2. The van der Waals surface area contributed by atoms with Crippen molar-refractivity contribution in [2.24, 2.45) is 0 Å². The van der Waals surface area contributed by atoms with Crippen molar-refractivity contribution in [3.63, 3.8) is 0 Å². The summed E-state index contributed by atoms with van der Waals surface area (Å²) in [6.07, 6.45) is 2.49. The van der Waals surface area contributed by atoms with Gasteiger partial charge in [0.1, 0.15) is 5.75 Å². The molecule has 0 aliphatic carbocycles. The maximum atomic E-state index is 9.39. The van der Waals surface area contributed by atoms with Crippen LogP contribution in [0.4, 0.5) is 0 Å². The summed E-state index contributed by atoms with van der Waals surface area (Å²) in [5.41, 5.74) is 0.969. The lowest BCUT2D eigenvalue weighted by atomic mass is 10.1. The Bertz CT molecular complexity index is 514. The molecule has 2 aromatic rings. The molecule has 0 amide bonds. The summed E-state index contributed by atoms with van der Waals surface area (Å²) in [6.45, 7) is 2.16. The van der Waals surface area contributed by atoms with Gasteiger partial charge in [-0.3, -0.25) is 0 Å². The number of thioether (sulfide) groups is 1. The van der Waals surface area contributed by atoms with E-state index in [2.05, 4.69) is 17.1 Å². The molecule has 0 atom stereocenters. The standard InChI is InChI=1S/C14H18N2O2S/c1-2-19-8-4-7-13-15-14(18-16-13)10-11-5-3-6-12(17)9-11/h3,5-6,9,17H,2,4,7-8,10H2,1H3. The highest BCUT2D eigenvalue weighted by atomic mass is 32.2. The first-order valence-corrected chi connectivity index (χ1v) is 7.60. The van der Waals surface area contributed by atoms with Gasteiger partial charge in [0.2, 0.25) is 5.89 Å². The first-order valence-electron chi connectivity index (χ1n) is 6.45. The van der Waals surface area contributed by atoms with Gasteiger partial charge in [-0.25, -0.2) is 0 Å². The van der Waals surface area contributed by atoms with Crippen molar-refractivity contribution in [1.82, 2.24) is 10.1 Å². The molecule has 0 bridgehead atoms. The Labute approximate surface area is 117 Å². The maximum Gasteiger partial charge on any atom is 0.231 e. The molecule has 0 saturated carbocycles. The Morgan fingerprint density at radius 3 is 3.05 bits per heavy atom. The number of phenolic OH excluding ortho intramolecular Hbond substituents is 1. The van der Waals surface area contributed by atoms with Crippen LogP contribution < -0.4 is 0 Å². The van der Waals surface area contributed by atoms with E-state index >= 15 is 0 Å². The smallest absolute Gasteiger partial charge is 0.231 e. The summed E-state index contributed by atoms with van der Waals surface area (Å²) in [7, 11) is 0. The van der Waals surface area contributed by atoms with Gasteiger partial charge in [0.15, 0.2) is 5.82 Å². The molecule has 1 heterocycles. The van der Waals surface area contributed by atoms with Crippen LogP contribution in [0, 0.1) is 0 Å². The number of rotatable bonds is 7. The Morgan fingerprint density at radius 2 is 2.26 bits per heavy atom. The van der Waals surface area contributed by atoms with E-state index in [-0.39, 0.29) is 5.75 Å². The maximum absolute atomic E-state index is 9.39. The molecule has 0 unspecified atom stereocenters. The van der Waals surface area contributed by atoms with Gasteiger partial charge in [-0.05, 0) is 35.6 Å². The van der Waals surface area contributed by atoms with E-state index in [1.54, 1.807) is 12.1 Å². The number of nitrogens with zero attached hydrogens (tertiary/aromatic N) is 2. The van der Waals surface area contributed by atoms with Crippen LogP contribution in [0.5, 0.6) is 5.75 Å². The highest BCUT2D eigenvalue weighted by molar-refractivity contribution is 7.99.